The van der Waals surface area contributed by atoms with E-state index >= 15 is 0 Å². The van der Waals surface area contributed by atoms with Gasteiger partial charge in [0.15, 0.2) is 0 Å². The van der Waals surface area contributed by atoms with Gasteiger partial charge in [-0.2, -0.15) is 16.8 Å². The van der Waals surface area contributed by atoms with Gasteiger partial charge in [-0.15, -0.1) is 0 Å². The van der Waals surface area contributed by atoms with E-state index in [0.717, 1.165) is 24.3 Å². The quantitative estimate of drug-likeness (QED) is 0.0833. The molecule has 21 heteroatoms. The number of amides is 2. The van der Waals surface area contributed by atoms with Crippen LogP contribution in [0.2, 0.25) is 0 Å². The van der Waals surface area contributed by atoms with Gasteiger partial charge in [-0.1, -0.05) is 24.3 Å². The fourth-order valence-electron chi connectivity index (χ4n) is 5.48. The molecule has 2 amide bonds. The number of nitrogens with one attached hydrogen (secondary N) is 4. The van der Waals surface area contributed by atoms with Crippen LogP contribution >= 0.6 is 0 Å². The van der Waals surface area contributed by atoms with Gasteiger partial charge in [-0.3, -0.25) is 18.5 Å². The summed E-state index contributed by atoms with van der Waals surface area (Å²) in [5, 5.41) is 25.2. The van der Waals surface area contributed by atoms with E-state index in [4.69, 9.17) is 0 Å². The summed E-state index contributed by atoms with van der Waals surface area (Å²) in [6.07, 6.45) is 0. The third kappa shape index (κ3) is 7.71. The molecule has 0 aliphatic heterocycles. The summed E-state index contributed by atoms with van der Waals surface area (Å²) in [6, 6.07) is 20.7. The lowest BCUT2D eigenvalue weighted by molar-refractivity contribution is 0.262. The normalized spacial score (nSPS) is 12.3. The van der Waals surface area contributed by atoms with Crippen molar-refractivity contribution in [2.75, 3.05) is 20.1 Å². The van der Waals surface area contributed by atoms with Gasteiger partial charge < -0.3 is 20.8 Å². The molecule has 0 bridgehead atoms. The number of hydrogen-bond donors (Lipinski definition) is 8. The van der Waals surface area contributed by atoms with E-state index in [1.807, 2.05) is 0 Å². The van der Waals surface area contributed by atoms with Crippen molar-refractivity contribution in [1.82, 2.24) is 0 Å². The van der Waals surface area contributed by atoms with Crippen molar-refractivity contribution in [3.63, 3.8) is 0 Å². The number of aromatic hydroxyl groups is 2. The third-order valence-electron chi connectivity index (χ3n) is 7.85. The van der Waals surface area contributed by atoms with Crippen LogP contribution in [0.1, 0.15) is 0 Å². The minimum atomic E-state index is -4.71. The molecule has 0 atom stereocenters. The van der Waals surface area contributed by atoms with Crippen LogP contribution in [-0.4, -0.2) is 59.0 Å². The zero-order valence-electron chi connectivity index (χ0n) is 27.0. The standard InChI is InChI=1S/C33H26N4O13S4/c38-27-15-17-29(53(45,46)47)23-3-1-5-25(31(23)27)36-51(41,42)21-11-7-19(8-12-21)34-33(40)35-20-9-13-22(14-10-20)52(43,44)37-26-6-2-4-24-30(54(48,49)50)18-16-28(39)32(24)26/h1-18,36-39H,(H2,34,35,40)(H,45,46,47)(H,48,49,50). The Bertz CT molecular complexity index is 2740. The average molecular weight is 815 g/mol. The number of hydrogen-bond acceptors (Lipinski definition) is 11. The van der Waals surface area contributed by atoms with Gasteiger partial charge in [0.2, 0.25) is 0 Å². The SMILES string of the molecule is O=C(Nc1ccc(S(=O)(=O)Nc2cccc3c(S(=O)(=O)O)ccc(O)c23)cc1)Nc1ccc(S(=O)(=O)Nc2cccc3c(S(=O)(=O)O)ccc(O)c23)cc1. The van der Waals surface area contributed by atoms with Gasteiger partial charge in [0.25, 0.3) is 40.3 Å². The van der Waals surface area contributed by atoms with Gasteiger partial charge in [0.05, 0.1) is 21.2 Å². The monoisotopic (exact) mass is 814 g/mol. The van der Waals surface area contributed by atoms with Gasteiger partial charge in [0.1, 0.15) is 21.3 Å². The molecule has 0 aliphatic carbocycles. The fraction of sp³-hybridized carbons (Fsp3) is 0. The number of carbonyl (C=O) groups excluding carboxylic acids is 1. The van der Waals surface area contributed by atoms with E-state index in [1.165, 1.54) is 84.9 Å². The topological polar surface area (TPSA) is 283 Å². The molecule has 280 valence electrons. The van der Waals surface area contributed by atoms with Crippen molar-refractivity contribution >= 4 is 90.6 Å². The second-order valence-electron chi connectivity index (χ2n) is 11.4. The van der Waals surface area contributed by atoms with E-state index in [-0.39, 0.29) is 54.1 Å². The highest BCUT2D eigenvalue weighted by atomic mass is 32.2. The Morgan fingerprint density at radius 2 is 0.815 bits per heavy atom. The molecule has 6 rings (SSSR count). The maximum absolute atomic E-state index is 13.2. The molecule has 6 aromatic carbocycles. The molecule has 0 saturated carbocycles. The summed E-state index contributed by atoms with van der Waals surface area (Å²) in [7, 11) is -18.1. The minimum Gasteiger partial charge on any atom is -0.507 e. The molecule has 0 aliphatic rings. The number of fused-ring (bicyclic) bond motifs is 2. The van der Waals surface area contributed by atoms with E-state index in [9.17, 15) is 57.8 Å². The summed E-state index contributed by atoms with van der Waals surface area (Å²) < 4.78 is 124. The smallest absolute Gasteiger partial charge is 0.323 e. The van der Waals surface area contributed by atoms with Crippen LogP contribution in [0.15, 0.2) is 129 Å². The van der Waals surface area contributed by atoms with Crippen LogP contribution < -0.4 is 20.1 Å². The number of carbonyl (C=O) groups is 1. The Balaban J connectivity index is 1.13. The first-order chi connectivity index (χ1) is 25.2. The molecule has 0 radical (unpaired) electrons. The molecule has 0 unspecified atom stereocenters. The highest BCUT2D eigenvalue weighted by Crippen LogP contribution is 2.38. The fourth-order valence-corrected chi connectivity index (χ4v) is 9.00. The predicted molar refractivity (Wildman–Crippen MR) is 198 cm³/mol. The third-order valence-corrected chi connectivity index (χ3v) is 12.4. The summed E-state index contributed by atoms with van der Waals surface area (Å²) in [4.78, 5) is 11.1. The van der Waals surface area contributed by atoms with Crippen molar-refractivity contribution in [3.05, 3.63) is 109 Å². The molecule has 0 spiro atoms. The number of phenolic OH excluding ortho intramolecular Hbond substituents is 2. The number of sulfonamides is 2. The minimum absolute atomic E-state index is 0.127. The maximum atomic E-state index is 13.2. The molecular weight excluding hydrogens is 789 g/mol. The van der Waals surface area contributed by atoms with Crippen LogP contribution in [0, 0.1) is 0 Å². The van der Waals surface area contributed by atoms with Crippen molar-refractivity contribution < 1.29 is 57.8 Å². The van der Waals surface area contributed by atoms with Crippen molar-refractivity contribution in [3.8, 4) is 11.5 Å². The molecular formula is C33H26N4O13S4. The molecule has 17 nitrogen and oxygen atoms in total. The first-order valence-corrected chi connectivity index (χ1v) is 20.9. The molecule has 54 heavy (non-hydrogen) atoms. The van der Waals surface area contributed by atoms with E-state index in [0.29, 0.717) is 0 Å². The highest BCUT2D eigenvalue weighted by molar-refractivity contribution is 7.93. The van der Waals surface area contributed by atoms with Crippen LogP contribution in [-0.2, 0) is 40.3 Å². The zero-order chi connectivity index (χ0) is 39.2. The number of rotatable bonds is 10. The van der Waals surface area contributed by atoms with E-state index in [2.05, 4.69) is 20.1 Å². The molecule has 0 fully saturated rings. The molecule has 8 N–H and O–H groups in total. The lowest BCUT2D eigenvalue weighted by Gasteiger charge is -2.14. The van der Waals surface area contributed by atoms with Crippen LogP contribution in [0.4, 0.5) is 27.5 Å². The average Bonchev–Trinajstić information content (AvgIpc) is 3.07. The second kappa shape index (κ2) is 13.8. The zero-order valence-corrected chi connectivity index (χ0v) is 30.3. The molecule has 0 heterocycles. The number of phenols is 2. The Hall–Kier alpha value is -5.97. The van der Waals surface area contributed by atoms with E-state index in [1.54, 1.807) is 0 Å². The van der Waals surface area contributed by atoms with Gasteiger partial charge in [-0.25, -0.2) is 21.6 Å². The molecule has 6 aromatic rings. The lowest BCUT2D eigenvalue weighted by atomic mass is 10.1. The highest BCUT2D eigenvalue weighted by Gasteiger charge is 2.23. The first kappa shape index (κ1) is 37.8. The van der Waals surface area contributed by atoms with Gasteiger partial charge >= 0.3 is 6.03 Å². The maximum Gasteiger partial charge on any atom is 0.323 e. The van der Waals surface area contributed by atoms with Crippen LogP contribution in [0.3, 0.4) is 0 Å². The van der Waals surface area contributed by atoms with Crippen molar-refractivity contribution in [1.29, 1.82) is 0 Å². The first-order valence-electron chi connectivity index (χ1n) is 15.0. The van der Waals surface area contributed by atoms with Crippen molar-refractivity contribution in [2.24, 2.45) is 0 Å². The second-order valence-corrected chi connectivity index (χ2v) is 17.6. The largest absolute Gasteiger partial charge is 0.507 e. The summed E-state index contributed by atoms with van der Waals surface area (Å²) in [5.74, 6) is -0.897. The van der Waals surface area contributed by atoms with E-state index < -0.39 is 67.6 Å². The van der Waals surface area contributed by atoms with Gasteiger partial charge in [-0.05, 0) is 84.9 Å². The van der Waals surface area contributed by atoms with Crippen LogP contribution in [0.5, 0.6) is 11.5 Å². The number of benzene rings is 6. The summed E-state index contributed by atoms with van der Waals surface area (Å²) >= 11 is 0. The molecule has 0 saturated heterocycles. The Morgan fingerprint density at radius 3 is 1.15 bits per heavy atom. The lowest BCUT2D eigenvalue weighted by Crippen LogP contribution is -2.20. The Kier molecular flexibility index (Phi) is 9.64. The van der Waals surface area contributed by atoms with Crippen LogP contribution in [0.25, 0.3) is 21.5 Å². The van der Waals surface area contributed by atoms with Gasteiger partial charge in [0, 0.05) is 32.9 Å². The summed E-state index contributed by atoms with van der Waals surface area (Å²) in [6.45, 7) is 0. The Labute approximate surface area is 307 Å². The number of urea groups is 1. The molecule has 0 aromatic heterocycles. The summed E-state index contributed by atoms with van der Waals surface area (Å²) in [5.41, 5.74) is -0.0282. The Morgan fingerprint density at radius 1 is 0.463 bits per heavy atom. The number of anilines is 4. The van der Waals surface area contributed by atoms with Crippen molar-refractivity contribution in [2.45, 2.75) is 19.6 Å². The predicted octanol–water partition coefficient (Wildman–Crippen LogP) is 5.14.